The van der Waals surface area contributed by atoms with Crippen molar-refractivity contribution in [3.63, 3.8) is 0 Å². The molecule has 1 aliphatic heterocycles. The first-order chi connectivity index (χ1) is 17.4. The maximum absolute atomic E-state index is 14.8. The van der Waals surface area contributed by atoms with E-state index in [-0.39, 0.29) is 28.0 Å². The molecule has 200 valence electrons. The van der Waals surface area contributed by atoms with Crippen LogP contribution < -0.4 is 5.32 Å². The molecule has 2 aromatic carbocycles. The fourth-order valence-corrected chi connectivity index (χ4v) is 5.64. The van der Waals surface area contributed by atoms with Gasteiger partial charge in [0, 0.05) is 23.4 Å². The Labute approximate surface area is 213 Å². The topological polar surface area (TPSA) is 83.6 Å². The monoisotopic (exact) mass is 540 g/mol. The number of sulfone groups is 1. The van der Waals surface area contributed by atoms with Crippen LogP contribution in [0.1, 0.15) is 73.0 Å². The highest BCUT2D eigenvalue weighted by atomic mass is 32.2. The molecule has 2 aromatic rings. The van der Waals surface area contributed by atoms with Crippen LogP contribution in [-0.4, -0.2) is 43.5 Å². The van der Waals surface area contributed by atoms with E-state index >= 15 is 0 Å². The van der Waals surface area contributed by atoms with Crippen molar-refractivity contribution in [2.24, 2.45) is 5.92 Å². The van der Waals surface area contributed by atoms with Crippen LogP contribution in [-0.2, 0) is 14.6 Å². The van der Waals surface area contributed by atoms with E-state index in [1.54, 1.807) is 0 Å². The Kier molecular flexibility index (Phi) is 7.64. The SMILES string of the molecule is CC[C@@H]1CC[C@H](C(=O)NC(c2cc(F)c(C(F)F)cc2F)C2CC2)N1C(=O)c1cccc(S(C)(=O)=O)c1. The largest absolute Gasteiger partial charge is 0.347 e. The first-order valence-electron chi connectivity index (χ1n) is 12.1. The minimum atomic E-state index is -3.56. The van der Waals surface area contributed by atoms with Crippen LogP contribution >= 0.6 is 0 Å². The number of hydrogen-bond donors (Lipinski definition) is 1. The summed E-state index contributed by atoms with van der Waals surface area (Å²) in [5.74, 6) is -3.53. The predicted molar refractivity (Wildman–Crippen MR) is 128 cm³/mol. The third kappa shape index (κ3) is 5.66. The number of hydrogen-bond acceptors (Lipinski definition) is 4. The van der Waals surface area contributed by atoms with Crippen LogP contribution in [0.25, 0.3) is 0 Å². The molecule has 1 aliphatic carbocycles. The van der Waals surface area contributed by atoms with E-state index in [1.165, 1.54) is 29.2 Å². The van der Waals surface area contributed by atoms with Gasteiger partial charge in [0.05, 0.1) is 16.5 Å². The van der Waals surface area contributed by atoms with E-state index in [4.69, 9.17) is 0 Å². The lowest BCUT2D eigenvalue weighted by Crippen LogP contribution is -2.49. The number of carbonyl (C=O) groups excluding carboxylic acids is 2. The first-order valence-corrected chi connectivity index (χ1v) is 14.0. The molecule has 3 atom stereocenters. The van der Waals surface area contributed by atoms with Crippen molar-refractivity contribution in [1.29, 1.82) is 0 Å². The van der Waals surface area contributed by atoms with Gasteiger partial charge in [-0.2, -0.15) is 0 Å². The lowest BCUT2D eigenvalue weighted by molar-refractivity contribution is -0.126. The third-order valence-electron chi connectivity index (χ3n) is 7.10. The predicted octanol–water partition coefficient (Wildman–Crippen LogP) is 4.96. The molecule has 6 nitrogen and oxygen atoms in total. The first kappa shape index (κ1) is 27.1. The Morgan fingerprint density at radius 2 is 1.68 bits per heavy atom. The van der Waals surface area contributed by atoms with Crippen molar-refractivity contribution in [3.8, 4) is 0 Å². The Balaban J connectivity index is 1.61. The van der Waals surface area contributed by atoms with Crippen molar-refractivity contribution in [1.82, 2.24) is 10.2 Å². The highest BCUT2D eigenvalue weighted by Crippen LogP contribution is 2.43. The smallest absolute Gasteiger partial charge is 0.266 e. The second-order valence-corrected chi connectivity index (χ2v) is 11.7. The summed E-state index contributed by atoms with van der Waals surface area (Å²) in [6.45, 7) is 1.87. The van der Waals surface area contributed by atoms with Crippen molar-refractivity contribution in [2.45, 2.75) is 68.5 Å². The summed E-state index contributed by atoms with van der Waals surface area (Å²) in [5, 5.41) is 2.75. The van der Waals surface area contributed by atoms with Crippen LogP contribution in [0.3, 0.4) is 0 Å². The molecule has 1 saturated heterocycles. The quantitative estimate of drug-likeness (QED) is 0.480. The van der Waals surface area contributed by atoms with Crippen molar-refractivity contribution in [2.75, 3.05) is 6.26 Å². The fourth-order valence-electron chi connectivity index (χ4n) is 4.97. The molecule has 4 rings (SSSR count). The van der Waals surface area contributed by atoms with E-state index < -0.39 is 57.4 Å². The van der Waals surface area contributed by atoms with Gasteiger partial charge in [0.2, 0.25) is 5.91 Å². The Bertz CT molecular complexity index is 1310. The number of amides is 2. The van der Waals surface area contributed by atoms with Gasteiger partial charge in [-0.05, 0) is 68.4 Å². The van der Waals surface area contributed by atoms with Crippen LogP contribution in [0, 0.1) is 17.6 Å². The van der Waals surface area contributed by atoms with Gasteiger partial charge in [-0.3, -0.25) is 9.59 Å². The van der Waals surface area contributed by atoms with Gasteiger partial charge in [0.25, 0.3) is 12.3 Å². The molecule has 0 radical (unpaired) electrons. The zero-order valence-electron chi connectivity index (χ0n) is 20.4. The van der Waals surface area contributed by atoms with E-state index in [0.29, 0.717) is 44.2 Å². The van der Waals surface area contributed by atoms with Gasteiger partial charge in [-0.25, -0.2) is 26.0 Å². The number of alkyl halides is 2. The number of halogens is 4. The molecule has 1 heterocycles. The number of nitrogens with one attached hydrogen (secondary N) is 1. The van der Waals surface area contributed by atoms with Crippen molar-refractivity contribution in [3.05, 3.63) is 64.7 Å². The molecule has 1 unspecified atom stereocenters. The third-order valence-corrected chi connectivity index (χ3v) is 8.21. The van der Waals surface area contributed by atoms with E-state index in [0.717, 1.165) is 6.26 Å². The molecular formula is C26H28F4N2O4S. The number of rotatable bonds is 8. The average Bonchev–Trinajstić information content (AvgIpc) is 3.60. The number of nitrogens with zero attached hydrogens (tertiary/aromatic N) is 1. The zero-order chi connectivity index (χ0) is 27.1. The lowest BCUT2D eigenvalue weighted by Gasteiger charge is -2.31. The normalized spacial score (nSPS) is 20.8. The van der Waals surface area contributed by atoms with Crippen LogP contribution in [0.4, 0.5) is 17.6 Å². The molecule has 37 heavy (non-hydrogen) atoms. The van der Waals surface area contributed by atoms with Crippen LogP contribution in [0.2, 0.25) is 0 Å². The van der Waals surface area contributed by atoms with Gasteiger partial charge in [-0.15, -0.1) is 0 Å². The second kappa shape index (κ2) is 10.4. The molecule has 0 spiro atoms. The summed E-state index contributed by atoms with van der Waals surface area (Å²) in [7, 11) is -3.56. The summed E-state index contributed by atoms with van der Waals surface area (Å²) in [4.78, 5) is 28.3. The standard InChI is InChI=1S/C26H28F4N2O4S/c1-3-16-9-10-22(32(16)26(34)15-5-4-6-17(11-15)37(2,35)36)25(33)31-23(14-7-8-14)18-12-21(28)19(24(29)30)13-20(18)27/h4-6,11-14,16,22-24H,3,7-10H2,1-2H3,(H,31,33)/t16-,22-,23?/m1/s1. The maximum Gasteiger partial charge on any atom is 0.266 e. The highest BCUT2D eigenvalue weighted by molar-refractivity contribution is 7.90. The van der Waals surface area contributed by atoms with E-state index in [2.05, 4.69) is 5.32 Å². The second-order valence-electron chi connectivity index (χ2n) is 9.69. The molecule has 11 heteroatoms. The molecule has 0 aromatic heterocycles. The summed E-state index contributed by atoms with van der Waals surface area (Å²) in [5.41, 5.74) is -1.13. The molecule has 2 aliphatic rings. The molecule has 1 N–H and O–H groups in total. The van der Waals surface area contributed by atoms with E-state index in [9.17, 15) is 35.6 Å². The summed E-state index contributed by atoms with van der Waals surface area (Å²) >= 11 is 0. The minimum absolute atomic E-state index is 0.0230. The molecule has 1 saturated carbocycles. The molecule has 0 bridgehead atoms. The highest BCUT2D eigenvalue weighted by Gasteiger charge is 2.43. The Morgan fingerprint density at radius 1 is 1.03 bits per heavy atom. The molecule has 2 fully saturated rings. The van der Waals surface area contributed by atoms with Crippen LogP contribution in [0.5, 0.6) is 0 Å². The summed E-state index contributed by atoms with van der Waals surface area (Å²) in [6, 6.07) is 4.65. The summed E-state index contributed by atoms with van der Waals surface area (Å²) in [6.07, 6.45) is 0.570. The zero-order valence-corrected chi connectivity index (χ0v) is 21.2. The molecular weight excluding hydrogens is 512 g/mol. The Hall–Kier alpha value is -2.95. The van der Waals surface area contributed by atoms with Crippen molar-refractivity contribution < 1.29 is 35.6 Å². The van der Waals surface area contributed by atoms with Gasteiger partial charge < -0.3 is 10.2 Å². The number of likely N-dealkylation sites (tertiary alicyclic amines) is 1. The lowest BCUT2D eigenvalue weighted by atomic mass is 9.98. The van der Waals surface area contributed by atoms with E-state index in [1.807, 2.05) is 6.92 Å². The van der Waals surface area contributed by atoms with Gasteiger partial charge >= 0.3 is 0 Å². The van der Waals surface area contributed by atoms with Crippen molar-refractivity contribution >= 4 is 21.7 Å². The number of carbonyl (C=O) groups is 2. The Morgan fingerprint density at radius 3 is 2.27 bits per heavy atom. The summed E-state index contributed by atoms with van der Waals surface area (Å²) < 4.78 is 79.0. The fraction of sp³-hybridized carbons (Fsp3) is 0.462. The van der Waals surface area contributed by atoms with Gasteiger partial charge in [0.15, 0.2) is 9.84 Å². The number of benzene rings is 2. The van der Waals surface area contributed by atoms with Crippen LogP contribution in [0.15, 0.2) is 41.3 Å². The van der Waals surface area contributed by atoms with Gasteiger partial charge in [0.1, 0.15) is 17.7 Å². The maximum atomic E-state index is 14.8. The minimum Gasteiger partial charge on any atom is -0.347 e. The average molecular weight is 541 g/mol. The molecule has 2 amide bonds. The van der Waals surface area contributed by atoms with Gasteiger partial charge in [-0.1, -0.05) is 13.0 Å².